The summed E-state index contributed by atoms with van der Waals surface area (Å²) in [6.07, 6.45) is 2.84. The van der Waals surface area contributed by atoms with E-state index in [1.807, 2.05) is 6.92 Å². The highest BCUT2D eigenvalue weighted by Gasteiger charge is 2.21. The van der Waals surface area contributed by atoms with Gasteiger partial charge in [-0.3, -0.25) is 0 Å². The quantitative estimate of drug-likeness (QED) is 0.828. The molecule has 0 fully saturated rings. The van der Waals surface area contributed by atoms with E-state index in [0.717, 1.165) is 6.42 Å². The van der Waals surface area contributed by atoms with Crippen LogP contribution in [0, 0.1) is 11.6 Å². The van der Waals surface area contributed by atoms with Crippen LogP contribution in [0.4, 0.5) is 8.78 Å². The second-order valence-electron chi connectivity index (χ2n) is 4.57. The second-order valence-corrected chi connectivity index (χ2v) is 5.49. The first kappa shape index (κ1) is 15.2. The highest BCUT2D eigenvalue weighted by atomic mass is 79.9. The Bertz CT molecular complexity index is 534. The molecule has 2 aromatic rings. The van der Waals surface area contributed by atoms with E-state index in [9.17, 15) is 8.78 Å². The molecule has 0 saturated carbocycles. The number of nitrogens with one attached hydrogen (secondary N) is 1. The zero-order valence-electron chi connectivity index (χ0n) is 11.1. The Hall–Kier alpha value is -1.20. The molecule has 1 atom stereocenters. The minimum atomic E-state index is -0.558. The van der Waals surface area contributed by atoms with Crippen molar-refractivity contribution in [2.45, 2.75) is 25.8 Å². The second kappa shape index (κ2) is 6.99. The minimum Gasteiger partial charge on any atom is -0.469 e. The fourth-order valence-corrected chi connectivity index (χ4v) is 2.51. The largest absolute Gasteiger partial charge is 0.469 e. The van der Waals surface area contributed by atoms with Gasteiger partial charge in [0.2, 0.25) is 0 Å². The molecular formula is C15H16BrF2NO. The van der Waals surface area contributed by atoms with Crippen molar-refractivity contribution < 1.29 is 13.2 Å². The number of hydrogen-bond acceptors (Lipinski definition) is 2. The molecular weight excluding hydrogens is 328 g/mol. The third kappa shape index (κ3) is 3.67. The van der Waals surface area contributed by atoms with Crippen LogP contribution >= 0.6 is 15.9 Å². The maximum Gasteiger partial charge on any atom is 0.132 e. The molecule has 108 valence electrons. The number of furan rings is 1. The predicted octanol–water partition coefficient (Wildman–Crippen LogP) is 4.60. The first-order valence-electron chi connectivity index (χ1n) is 6.52. The van der Waals surface area contributed by atoms with Crippen LogP contribution < -0.4 is 5.32 Å². The fourth-order valence-electron chi connectivity index (χ4n) is 2.11. The van der Waals surface area contributed by atoms with Crippen LogP contribution in [0.5, 0.6) is 0 Å². The molecule has 20 heavy (non-hydrogen) atoms. The van der Waals surface area contributed by atoms with Gasteiger partial charge >= 0.3 is 0 Å². The average molecular weight is 344 g/mol. The van der Waals surface area contributed by atoms with Gasteiger partial charge in [0.15, 0.2) is 0 Å². The Balaban J connectivity index is 2.30. The highest BCUT2D eigenvalue weighted by Crippen LogP contribution is 2.27. The number of halogens is 3. The number of rotatable bonds is 6. The van der Waals surface area contributed by atoms with Gasteiger partial charge in [0.05, 0.1) is 6.26 Å². The lowest BCUT2D eigenvalue weighted by Gasteiger charge is -2.19. The van der Waals surface area contributed by atoms with Crippen molar-refractivity contribution in [2.24, 2.45) is 0 Å². The van der Waals surface area contributed by atoms with Gasteiger partial charge in [-0.15, -0.1) is 0 Å². The summed E-state index contributed by atoms with van der Waals surface area (Å²) in [5.41, 5.74) is 0.0538. The van der Waals surface area contributed by atoms with E-state index < -0.39 is 17.7 Å². The molecule has 0 radical (unpaired) electrons. The molecule has 1 N–H and O–H groups in total. The lowest BCUT2D eigenvalue weighted by atomic mass is 10.0. The number of benzene rings is 1. The molecule has 5 heteroatoms. The van der Waals surface area contributed by atoms with Crippen molar-refractivity contribution in [3.05, 3.63) is 58.0 Å². The minimum absolute atomic E-state index is 0.0538. The van der Waals surface area contributed by atoms with Gasteiger partial charge in [-0.25, -0.2) is 8.78 Å². The Labute approximate surface area is 125 Å². The molecule has 1 aromatic heterocycles. The van der Waals surface area contributed by atoms with E-state index in [2.05, 4.69) is 21.2 Å². The summed E-state index contributed by atoms with van der Waals surface area (Å²) in [6.45, 7) is 2.69. The summed E-state index contributed by atoms with van der Waals surface area (Å²) in [7, 11) is 0. The summed E-state index contributed by atoms with van der Waals surface area (Å²) in [5, 5.41) is 3.17. The van der Waals surface area contributed by atoms with Crippen molar-refractivity contribution in [1.82, 2.24) is 5.32 Å². The van der Waals surface area contributed by atoms with Gasteiger partial charge in [0, 0.05) is 22.5 Å². The van der Waals surface area contributed by atoms with Gasteiger partial charge in [0.25, 0.3) is 0 Å². The van der Waals surface area contributed by atoms with Crippen molar-refractivity contribution >= 4 is 15.9 Å². The van der Waals surface area contributed by atoms with E-state index in [4.69, 9.17) is 4.42 Å². The summed E-state index contributed by atoms with van der Waals surface area (Å²) in [6, 6.07) is 5.67. The smallest absolute Gasteiger partial charge is 0.132 e. The summed E-state index contributed by atoms with van der Waals surface area (Å²) >= 11 is 3.09. The Morgan fingerprint density at radius 3 is 2.55 bits per heavy atom. The summed E-state index contributed by atoms with van der Waals surface area (Å²) in [4.78, 5) is 0. The van der Waals surface area contributed by atoms with Crippen molar-refractivity contribution in [3.63, 3.8) is 0 Å². The van der Waals surface area contributed by atoms with Crippen LogP contribution in [-0.4, -0.2) is 6.54 Å². The zero-order chi connectivity index (χ0) is 14.5. The molecule has 0 saturated heterocycles. The fraction of sp³-hybridized carbons (Fsp3) is 0.333. The van der Waals surface area contributed by atoms with Crippen LogP contribution in [0.2, 0.25) is 0 Å². The summed E-state index contributed by atoms with van der Waals surface area (Å²) in [5.74, 6) is -0.422. The van der Waals surface area contributed by atoms with E-state index in [0.29, 0.717) is 23.2 Å². The van der Waals surface area contributed by atoms with Gasteiger partial charge in [-0.05, 0) is 37.2 Å². The van der Waals surface area contributed by atoms with Crippen LogP contribution in [-0.2, 0) is 6.42 Å². The average Bonchev–Trinajstić information content (AvgIpc) is 2.87. The molecule has 1 aromatic carbocycles. The molecule has 0 spiro atoms. The Morgan fingerprint density at radius 2 is 2.00 bits per heavy atom. The highest BCUT2D eigenvalue weighted by molar-refractivity contribution is 9.10. The first-order valence-corrected chi connectivity index (χ1v) is 7.31. The number of hydrogen-bond donors (Lipinski definition) is 1. The molecule has 2 nitrogen and oxygen atoms in total. The zero-order valence-corrected chi connectivity index (χ0v) is 12.7. The van der Waals surface area contributed by atoms with Crippen LogP contribution in [0.25, 0.3) is 0 Å². The van der Waals surface area contributed by atoms with E-state index >= 15 is 0 Å². The third-order valence-electron chi connectivity index (χ3n) is 3.02. The van der Waals surface area contributed by atoms with Crippen molar-refractivity contribution in [1.29, 1.82) is 0 Å². The monoisotopic (exact) mass is 343 g/mol. The van der Waals surface area contributed by atoms with E-state index in [1.165, 1.54) is 12.1 Å². The Morgan fingerprint density at radius 1 is 1.30 bits per heavy atom. The van der Waals surface area contributed by atoms with Crippen LogP contribution in [0.1, 0.15) is 30.7 Å². The molecule has 1 heterocycles. The maximum atomic E-state index is 14.1. The van der Waals surface area contributed by atoms with Gasteiger partial charge < -0.3 is 9.73 Å². The van der Waals surface area contributed by atoms with Crippen molar-refractivity contribution in [3.8, 4) is 0 Å². The standard InChI is InChI=1S/C15H16BrF2NO/c1-2-5-19-14(9-11-4-3-6-20-11)15-12(17)7-10(16)8-13(15)18/h3-4,6-8,14,19H,2,5,9H2,1H3. The normalized spacial score (nSPS) is 12.6. The van der Waals surface area contributed by atoms with E-state index in [1.54, 1.807) is 18.4 Å². The Kier molecular flexibility index (Phi) is 5.31. The lowest BCUT2D eigenvalue weighted by molar-refractivity contribution is 0.423. The van der Waals surface area contributed by atoms with E-state index in [-0.39, 0.29) is 5.56 Å². The van der Waals surface area contributed by atoms with Crippen LogP contribution in [0.3, 0.4) is 0 Å². The van der Waals surface area contributed by atoms with Gasteiger partial charge in [0.1, 0.15) is 17.4 Å². The third-order valence-corrected chi connectivity index (χ3v) is 3.48. The van der Waals surface area contributed by atoms with Crippen molar-refractivity contribution in [2.75, 3.05) is 6.54 Å². The van der Waals surface area contributed by atoms with Gasteiger partial charge in [-0.1, -0.05) is 22.9 Å². The lowest BCUT2D eigenvalue weighted by Crippen LogP contribution is -2.26. The SMILES string of the molecule is CCCNC(Cc1ccco1)c1c(F)cc(Br)cc1F. The molecule has 0 bridgehead atoms. The summed E-state index contributed by atoms with van der Waals surface area (Å²) < 4.78 is 33.8. The molecule has 0 aliphatic rings. The molecule has 2 rings (SSSR count). The molecule has 0 aliphatic heterocycles. The first-order chi connectivity index (χ1) is 9.61. The van der Waals surface area contributed by atoms with Gasteiger partial charge in [-0.2, -0.15) is 0 Å². The van der Waals surface area contributed by atoms with Crippen LogP contribution in [0.15, 0.2) is 39.4 Å². The molecule has 0 aliphatic carbocycles. The molecule has 0 amide bonds. The predicted molar refractivity (Wildman–Crippen MR) is 77.5 cm³/mol. The topological polar surface area (TPSA) is 25.2 Å². The maximum absolute atomic E-state index is 14.1. The molecule has 1 unspecified atom stereocenters.